The number of nitrogens with zero attached hydrogens (tertiary/aromatic N) is 1. The van der Waals surface area contributed by atoms with E-state index in [0.29, 0.717) is 0 Å². The predicted molar refractivity (Wildman–Crippen MR) is 72.1 cm³/mol. The minimum atomic E-state index is 0.774. The van der Waals surface area contributed by atoms with Crippen molar-refractivity contribution < 1.29 is 0 Å². The molecule has 1 aliphatic heterocycles. The fourth-order valence-corrected chi connectivity index (χ4v) is 4.59. The fourth-order valence-electron chi connectivity index (χ4n) is 4.59. The van der Waals surface area contributed by atoms with Gasteiger partial charge < -0.3 is 5.32 Å². The third-order valence-electron chi connectivity index (χ3n) is 5.42. The average molecular weight is 236 g/mol. The van der Waals surface area contributed by atoms with Gasteiger partial charge in [-0.2, -0.15) is 0 Å². The van der Waals surface area contributed by atoms with E-state index >= 15 is 0 Å². The molecule has 1 N–H and O–H groups in total. The van der Waals surface area contributed by atoms with Crippen LogP contribution < -0.4 is 5.32 Å². The lowest BCUT2D eigenvalue weighted by atomic mass is 9.82. The van der Waals surface area contributed by atoms with E-state index in [-0.39, 0.29) is 0 Å². The Balaban J connectivity index is 1.69. The van der Waals surface area contributed by atoms with E-state index in [2.05, 4.69) is 24.1 Å². The van der Waals surface area contributed by atoms with Gasteiger partial charge in [-0.05, 0) is 56.9 Å². The zero-order valence-corrected chi connectivity index (χ0v) is 11.5. The summed E-state index contributed by atoms with van der Waals surface area (Å²) in [5.74, 6) is 1.98. The van der Waals surface area contributed by atoms with Crippen molar-refractivity contribution in [3.05, 3.63) is 0 Å². The van der Waals surface area contributed by atoms with Gasteiger partial charge in [-0.25, -0.2) is 0 Å². The van der Waals surface area contributed by atoms with Crippen LogP contribution in [0.15, 0.2) is 0 Å². The smallest absolute Gasteiger partial charge is 0.0254 e. The molecule has 5 atom stereocenters. The molecule has 98 valence electrons. The molecule has 1 saturated heterocycles. The number of hydrogen-bond donors (Lipinski definition) is 1. The Hall–Kier alpha value is -0.0800. The van der Waals surface area contributed by atoms with Crippen molar-refractivity contribution in [3.8, 4) is 0 Å². The molecule has 2 aliphatic carbocycles. The Bertz CT molecular complexity index is 266. The van der Waals surface area contributed by atoms with Crippen LogP contribution in [0, 0.1) is 11.8 Å². The van der Waals surface area contributed by atoms with E-state index in [0.717, 1.165) is 36.5 Å². The van der Waals surface area contributed by atoms with Gasteiger partial charge in [0, 0.05) is 24.7 Å². The lowest BCUT2D eigenvalue weighted by molar-refractivity contribution is 0.0744. The summed E-state index contributed by atoms with van der Waals surface area (Å²) in [6.07, 6.45) is 8.75. The Labute approximate surface area is 106 Å². The van der Waals surface area contributed by atoms with Gasteiger partial charge in [-0.1, -0.05) is 13.8 Å². The molecule has 3 aliphatic rings. The van der Waals surface area contributed by atoms with E-state index in [1.807, 2.05) is 0 Å². The quantitative estimate of drug-likeness (QED) is 0.810. The summed E-state index contributed by atoms with van der Waals surface area (Å²) in [6.45, 7) is 7.25. The zero-order chi connectivity index (χ0) is 11.8. The fraction of sp³-hybridized carbons (Fsp3) is 1.00. The van der Waals surface area contributed by atoms with Crippen molar-refractivity contribution in [3.63, 3.8) is 0 Å². The minimum Gasteiger partial charge on any atom is -0.313 e. The molecule has 3 fully saturated rings. The highest BCUT2D eigenvalue weighted by Crippen LogP contribution is 2.41. The van der Waals surface area contributed by atoms with Gasteiger partial charge in [0.2, 0.25) is 0 Å². The van der Waals surface area contributed by atoms with Gasteiger partial charge in [0.25, 0.3) is 0 Å². The summed E-state index contributed by atoms with van der Waals surface area (Å²) in [4.78, 5) is 2.89. The zero-order valence-electron chi connectivity index (χ0n) is 11.5. The van der Waals surface area contributed by atoms with Crippen LogP contribution in [0.4, 0.5) is 0 Å². The first-order valence-corrected chi connectivity index (χ1v) is 7.77. The maximum atomic E-state index is 3.75. The summed E-state index contributed by atoms with van der Waals surface area (Å²) < 4.78 is 0. The van der Waals surface area contributed by atoms with Crippen LogP contribution in [-0.2, 0) is 0 Å². The molecule has 17 heavy (non-hydrogen) atoms. The third-order valence-corrected chi connectivity index (χ3v) is 5.42. The van der Waals surface area contributed by atoms with Crippen LogP contribution in [0.5, 0.6) is 0 Å². The molecule has 3 rings (SSSR count). The Morgan fingerprint density at radius 2 is 2.00 bits per heavy atom. The lowest BCUT2D eigenvalue weighted by Gasteiger charge is -2.44. The highest BCUT2D eigenvalue weighted by atomic mass is 15.2. The minimum absolute atomic E-state index is 0.774. The SMILES string of the molecule is CCNC1CCC(C)CC1N1CC2CCC1C2. The molecule has 2 nitrogen and oxygen atoms in total. The molecule has 1 heterocycles. The van der Waals surface area contributed by atoms with E-state index < -0.39 is 0 Å². The molecule has 0 spiro atoms. The van der Waals surface area contributed by atoms with E-state index in [9.17, 15) is 0 Å². The number of likely N-dealkylation sites (N-methyl/N-ethyl adjacent to an activating group) is 1. The Morgan fingerprint density at radius 3 is 2.65 bits per heavy atom. The molecule has 0 amide bonds. The third kappa shape index (κ3) is 2.26. The maximum Gasteiger partial charge on any atom is 0.0254 e. The van der Waals surface area contributed by atoms with Gasteiger partial charge >= 0.3 is 0 Å². The molecule has 0 aromatic heterocycles. The number of likely N-dealkylation sites (tertiary alicyclic amines) is 1. The molecular weight excluding hydrogens is 208 g/mol. The number of rotatable bonds is 3. The molecule has 0 radical (unpaired) electrons. The van der Waals surface area contributed by atoms with Crippen LogP contribution in [0.3, 0.4) is 0 Å². The van der Waals surface area contributed by atoms with Gasteiger partial charge in [0.1, 0.15) is 0 Å². The van der Waals surface area contributed by atoms with Gasteiger partial charge in [-0.3, -0.25) is 4.90 Å². The van der Waals surface area contributed by atoms with Crippen LogP contribution in [0.2, 0.25) is 0 Å². The second-order valence-corrected chi connectivity index (χ2v) is 6.68. The second kappa shape index (κ2) is 4.89. The van der Waals surface area contributed by atoms with E-state index in [1.165, 1.54) is 45.1 Å². The summed E-state index contributed by atoms with van der Waals surface area (Å²) in [6, 6.07) is 2.56. The number of hydrogen-bond acceptors (Lipinski definition) is 2. The van der Waals surface area contributed by atoms with Crippen LogP contribution in [0.25, 0.3) is 0 Å². The van der Waals surface area contributed by atoms with E-state index in [1.54, 1.807) is 0 Å². The molecule has 0 aromatic carbocycles. The van der Waals surface area contributed by atoms with E-state index in [4.69, 9.17) is 0 Å². The lowest BCUT2D eigenvalue weighted by Crippen LogP contribution is -2.55. The van der Waals surface area contributed by atoms with Crippen molar-refractivity contribution in [2.24, 2.45) is 11.8 Å². The number of nitrogens with one attached hydrogen (secondary N) is 1. The first-order valence-electron chi connectivity index (χ1n) is 7.77. The van der Waals surface area contributed by atoms with Gasteiger partial charge in [0.05, 0.1) is 0 Å². The molecule has 2 saturated carbocycles. The van der Waals surface area contributed by atoms with Gasteiger partial charge in [0.15, 0.2) is 0 Å². The summed E-state index contributed by atoms with van der Waals surface area (Å²) >= 11 is 0. The molecule has 0 aromatic rings. The maximum absolute atomic E-state index is 3.75. The Kier molecular flexibility index (Phi) is 3.45. The first-order chi connectivity index (χ1) is 8.28. The molecule has 2 bridgehead atoms. The Morgan fingerprint density at radius 1 is 1.12 bits per heavy atom. The van der Waals surface area contributed by atoms with Crippen molar-refractivity contribution >= 4 is 0 Å². The van der Waals surface area contributed by atoms with Crippen LogP contribution in [-0.4, -0.2) is 36.1 Å². The topological polar surface area (TPSA) is 15.3 Å². The molecule has 5 unspecified atom stereocenters. The van der Waals surface area contributed by atoms with Gasteiger partial charge in [-0.15, -0.1) is 0 Å². The summed E-state index contributed by atoms with van der Waals surface area (Å²) in [7, 11) is 0. The molecular formula is C15H28N2. The largest absolute Gasteiger partial charge is 0.313 e. The van der Waals surface area contributed by atoms with Crippen LogP contribution >= 0.6 is 0 Å². The highest BCUT2D eigenvalue weighted by molar-refractivity contribution is 5.00. The predicted octanol–water partition coefficient (Wildman–Crippen LogP) is 2.64. The van der Waals surface area contributed by atoms with Crippen molar-refractivity contribution in [1.82, 2.24) is 10.2 Å². The first kappa shape index (κ1) is 12.0. The molecule has 2 heteroatoms. The standard InChI is InChI=1S/C15H28N2/c1-3-16-14-7-4-11(2)8-15(14)17-10-12-5-6-13(17)9-12/h11-16H,3-10H2,1-2H3. The van der Waals surface area contributed by atoms with Crippen molar-refractivity contribution in [2.45, 2.75) is 70.5 Å². The normalized spacial score (nSPS) is 46.6. The number of fused-ring (bicyclic) bond motifs is 2. The number of piperidine rings is 1. The van der Waals surface area contributed by atoms with Crippen LogP contribution in [0.1, 0.15) is 52.4 Å². The summed E-state index contributed by atoms with van der Waals surface area (Å²) in [5, 5.41) is 3.75. The summed E-state index contributed by atoms with van der Waals surface area (Å²) in [5.41, 5.74) is 0. The van der Waals surface area contributed by atoms with Crippen molar-refractivity contribution in [1.29, 1.82) is 0 Å². The highest BCUT2D eigenvalue weighted by Gasteiger charge is 2.44. The van der Waals surface area contributed by atoms with Crippen molar-refractivity contribution in [2.75, 3.05) is 13.1 Å². The monoisotopic (exact) mass is 236 g/mol. The second-order valence-electron chi connectivity index (χ2n) is 6.68. The average Bonchev–Trinajstić information content (AvgIpc) is 2.93.